The molecule has 2 aromatic carbocycles. The van der Waals surface area contributed by atoms with E-state index < -0.39 is 17.7 Å². The van der Waals surface area contributed by atoms with Crippen molar-refractivity contribution in [2.45, 2.75) is 51.2 Å². The summed E-state index contributed by atoms with van der Waals surface area (Å²) in [4.78, 5) is 13.4. The van der Waals surface area contributed by atoms with E-state index in [1.165, 1.54) is 4.90 Å². The highest BCUT2D eigenvalue weighted by Crippen LogP contribution is 2.34. The molecule has 0 saturated heterocycles. The summed E-state index contributed by atoms with van der Waals surface area (Å²) in [5, 5.41) is 0.615. The first kappa shape index (κ1) is 20.7. The van der Waals surface area contributed by atoms with Crippen LogP contribution in [0.15, 0.2) is 47.4 Å². The van der Waals surface area contributed by atoms with E-state index in [-0.39, 0.29) is 0 Å². The van der Waals surface area contributed by atoms with E-state index in [2.05, 4.69) is 19.1 Å². The minimum Gasteiger partial charge on any atom is -0.478 e. The van der Waals surface area contributed by atoms with Crippen molar-refractivity contribution in [3.63, 3.8) is 0 Å². The lowest BCUT2D eigenvalue weighted by Gasteiger charge is -2.23. The number of hydrogen-bond acceptors (Lipinski definition) is 4. The molecule has 0 aliphatic rings. The molecule has 5 heteroatoms. The molecular formula is C21H25ClO3S. The summed E-state index contributed by atoms with van der Waals surface area (Å²) in [6.45, 7) is 9.32. The number of esters is 1. The van der Waals surface area contributed by atoms with Crippen LogP contribution in [0.2, 0.25) is 5.02 Å². The first-order valence-electron chi connectivity index (χ1n) is 8.62. The quantitative estimate of drug-likeness (QED) is 0.431. The molecule has 1 unspecified atom stereocenters. The molecule has 0 aliphatic heterocycles. The van der Waals surface area contributed by atoms with Crippen molar-refractivity contribution in [1.82, 2.24) is 0 Å². The molecule has 26 heavy (non-hydrogen) atoms. The molecule has 0 bridgehead atoms. The molecule has 2 aromatic rings. The van der Waals surface area contributed by atoms with Gasteiger partial charge in [-0.25, -0.2) is 4.79 Å². The fourth-order valence-corrected chi connectivity index (χ4v) is 3.19. The molecule has 3 nitrogen and oxygen atoms in total. The summed E-state index contributed by atoms with van der Waals surface area (Å²) in [7, 11) is 0. The monoisotopic (exact) mass is 392 g/mol. The normalized spacial score (nSPS) is 12.5. The van der Waals surface area contributed by atoms with Gasteiger partial charge in [-0.15, -0.1) is 11.8 Å². The SMILES string of the molecule is CCSc1ccc(-c2cc(Cl)ccc2OC(C)C(=O)OC(C)(C)C)cc1. The highest BCUT2D eigenvalue weighted by molar-refractivity contribution is 7.99. The van der Waals surface area contributed by atoms with Gasteiger partial charge in [-0.1, -0.05) is 30.7 Å². The zero-order chi connectivity index (χ0) is 19.3. The molecule has 0 aliphatic carbocycles. The van der Waals surface area contributed by atoms with Crippen LogP contribution in [0.25, 0.3) is 11.1 Å². The summed E-state index contributed by atoms with van der Waals surface area (Å²) in [5.41, 5.74) is 1.28. The number of carbonyl (C=O) groups is 1. The Morgan fingerprint density at radius 2 is 1.81 bits per heavy atom. The molecular weight excluding hydrogens is 368 g/mol. The number of rotatable bonds is 6. The summed E-state index contributed by atoms with van der Waals surface area (Å²) < 4.78 is 11.3. The molecule has 0 aromatic heterocycles. The van der Waals surface area contributed by atoms with Gasteiger partial charge < -0.3 is 9.47 Å². The molecule has 0 fully saturated rings. The van der Waals surface area contributed by atoms with Crippen LogP contribution in [0.1, 0.15) is 34.6 Å². The lowest BCUT2D eigenvalue weighted by atomic mass is 10.0. The van der Waals surface area contributed by atoms with Gasteiger partial charge in [-0.2, -0.15) is 0 Å². The Kier molecular flexibility index (Phi) is 7.01. The summed E-state index contributed by atoms with van der Waals surface area (Å²) in [6, 6.07) is 13.6. The van der Waals surface area contributed by atoms with E-state index in [0.29, 0.717) is 10.8 Å². The van der Waals surface area contributed by atoms with Gasteiger partial charge in [0.2, 0.25) is 0 Å². The molecule has 0 N–H and O–H groups in total. The first-order valence-corrected chi connectivity index (χ1v) is 9.98. The van der Waals surface area contributed by atoms with Gasteiger partial charge in [0.15, 0.2) is 6.10 Å². The van der Waals surface area contributed by atoms with Crippen LogP contribution in [0, 0.1) is 0 Å². The maximum atomic E-state index is 12.2. The lowest BCUT2D eigenvalue weighted by Crippen LogP contribution is -2.33. The molecule has 0 radical (unpaired) electrons. The van der Waals surface area contributed by atoms with Crippen LogP contribution in [-0.2, 0) is 9.53 Å². The average molecular weight is 393 g/mol. The van der Waals surface area contributed by atoms with Gasteiger partial charge in [-0.05, 0) is 69.3 Å². The van der Waals surface area contributed by atoms with E-state index >= 15 is 0 Å². The molecule has 140 valence electrons. The van der Waals surface area contributed by atoms with Crippen molar-refractivity contribution in [3.05, 3.63) is 47.5 Å². The minimum atomic E-state index is -0.718. The third-order valence-electron chi connectivity index (χ3n) is 3.46. The number of halogens is 1. The fraction of sp³-hybridized carbons (Fsp3) is 0.381. The van der Waals surface area contributed by atoms with E-state index in [1.54, 1.807) is 30.8 Å². The summed E-state index contributed by atoms with van der Waals surface area (Å²) in [6.07, 6.45) is -0.718. The van der Waals surface area contributed by atoms with Gasteiger partial charge in [0.1, 0.15) is 11.4 Å². The molecule has 1 atom stereocenters. The van der Waals surface area contributed by atoms with Crippen molar-refractivity contribution in [3.8, 4) is 16.9 Å². The predicted molar refractivity (Wildman–Crippen MR) is 109 cm³/mol. The topological polar surface area (TPSA) is 35.5 Å². The van der Waals surface area contributed by atoms with Crippen LogP contribution in [-0.4, -0.2) is 23.4 Å². The second-order valence-electron chi connectivity index (χ2n) is 6.89. The minimum absolute atomic E-state index is 0.395. The highest BCUT2D eigenvalue weighted by Gasteiger charge is 2.24. The second-order valence-corrected chi connectivity index (χ2v) is 8.67. The Labute approximate surface area is 165 Å². The zero-order valence-corrected chi connectivity index (χ0v) is 17.4. The van der Waals surface area contributed by atoms with Crippen molar-refractivity contribution in [2.24, 2.45) is 0 Å². The predicted octanol–water partition coefficient (Wildman–Crippen LogP) is 6.23. The van der Waals surface area contributed by atoms with Gasteiger partial charge in [0.05, 0.1) is 0 Å². The Balaban J connectivity index is 2.26. The van der Waals surface area contributed by atoms with Crippen LogP contribution >= 0.6 is 23.4 Å². The Morgan fingerprint density at radius 1 is 1.15 bits per heavy atom. The number of hydrogen-bond donors (Lipinski definition) is 0. The van der Waals surface area contributed by atoms with Crippen molar-refractivity contribution in [2.75, 3.05) is 5.75 Å². The zero-order valence-electron chi connectivity index (χ0n) is 15.8. The standard InChI is InChI=1S/C21H25ClO3S/c1-6-26-17-10-7-15(8-11-17)18-13-16(22)9-12-19(18)24-14(2)20(23)25-21(3,4)5/h7-14H,6H2,1-5H3. The van der Waals surface area contributed by atoms with E-state index in [0.717, 1.165) is 16.9 Å². The average Bonchev–Trinajstić information content (AvgIpc) is 2.56. The molecule has 0 spiro atoms. The van der Waals surface area contributed by atoms with E-state index in [1.807, 2.05) is 39.0 Å². The largest absolute Gasteiger partial charge is 0.478 e. The van der Waals surface area contributed by atoms with Gasteiger partial charge >= 0.3 is 5.97 Å². The number of thioether (sulfide) groups is 1. The van der Waals surface area contributed by atoms with E-state index in [9.17, 15) is 4.79 Å². The van der Waals surface area contributed by atoms with Crippen LogP contribution < -0.4 is 4.74 Å². The third-order valence-corrected chi connectivity index (χ3v) is 4.59. The fourth-order valence-electron chi connectivity index (χ4n) is 2.35. The van der Waals surface area contributed by atoms with Gasteiger partial charge in [0, 0.05) is 15.5 Å². The first-order chi connectivity index (χ1) is 12.2. The molecule has 0 heterocycles. The number of benzene rings is 2. The van der Waals surface area contributed by atoms with Crippen molar-refractivity contribution in [1.29, 1.82) is 0 Å². The molecule has 0 amide bonds. The summed E-state index contributed by atoms with van der Waals surface area (Å²) in [5.74, 6) is 1.23. The Bertz CT molecular complexity index is 751. The van der Waals surface area contributed by atoms with Crippen LogP contribution in [0.5, 0.6) is 5.75 Å². The smallest absolute Gasteiger partial charge is 0.347 e. The highest BCUT2D eigenvalue weighted by atomic mass is 35.5. The van der Waals surface area contributed by atoms with E-state index in [4.69, 9.17) is 21.1 Å². The Hall–Kier alpha value is -1.65. The van der Waals surface area contributed by atoms with Crippen LogP contribution in [0.4, 0.5) is 0 Å². The van der Waals surface area contributed by atoms with Gasteiger partial charge in [0.25, 0.3) is 0 Å². The lowest BCUT2D eigenvalue weighted by molar-refractivity contribution is -0.162. The second kappa shape index (κ2) is 8.83. The third kappa shape index (κ3) is 5.96. The van der Waals surface area contributed by atoms with Crippen LogP contribution in [0.3, 0.4) is 0 Å². The maximum absolute atomic E-state index is 12.2. The Morgan fingerprint density at radius 3 is 2.38 bits per heavy atom. The molecule has 2 rings (SSSR count). The summed E-state index contributed by atoms with van der Waals surface area (Å²) >= 11 is 7.97. The van der Waals surface area contributed by atoms with Crippen molar-refractivity contribution >= 4 is 29.3 Å². The van der Waals surface area contributed by atoms with Gasteiger partial charge in [-0.3, -0.25) is 0 Å². The number of carbonyl (C=O) groups excluding carboxylic acids is 1. The maximum Gasteiger partial charge on any atom is 0.347 e. The van der Waals surface area contributed by atoms with Crippen molar-refractivity contribution < 1.29 is 14.3 Å². The molecule has 0 saturated carbocycles. The number of ether oxygens (including phenoxy) is 2.